The summed E-state index contributed by atoms with van der Waals surface area (Å²) in [6.45, 7) is 2.94. The first-order chi connectivity index (χ1) is 17.5. The van der Waals surface area contributed by atoms with Gasteiger partial charge in [0.1, 0.15) is 12.6 Å². The van der Waals surface area contributed by atoms with Crippen molar-refractivity contribution in [1.29, 1.82) is 0 Å². The molecule has 11 heteroatoms. The van der Waals surface area contributed by atoms with Crippen LogP contribution in [0.5, 0.6) is 0 Å². The highest BCUT2D eigenvalue weighted by Crippen LogP contribution is 2.28. The van der Waals surface area contributed by atoms with Crippen LogP contribution in [0.15, 0.2) is 48.5 Å². The first-order valence-electron chi connectivity index (χ1n) is 12.4. The van der Waals surface area contributed by atoms with E-state index in [9.17, 15) is 28.1 Å². The molecule has 2 amide bonds. The maximum Gasteiger partial charge on any atom is 0.271 e. The molecule has 1 N–H and O–H groups in total. The van der Waals surface area contributed by atoms with E-state index in [-0.39, 0.29) is 29.9 Å². The molecule has 1 atom stereocenters. The third-order valence-electron chi connectivity index (χ3n) is 6.63. The molecule has 0 bridgehead atoms. The number of non-ortho nitro benzene ring substituents is 1. The predicted octanol–water partition coefficient (Wildman–Crippen LogP) is 3.54. The smallest absolute Gasteiger partial charge is 0.271 e. The minimum absolute atomic E-state index is 0.0492. The quantitative estimate of drug-likeness (QED) is 0.349. The van der Waals surface area contributed by atoms with Crippen molar-refractivity contribution < 1.29 is 22.9 Å². The first-order valence-corrected chi connectivity index (χ1v) is 14.2. The first kappa shape index (κ1) is 28.1. The molecule has 1 aliphatic rings. The summed E-state index contributed by atoms with van der Waals surface area (Å²) in [5, 5.41) is 14.4. The molecule has 1 aliphatic carbocycles. The van der Waals surface area contributed by atoms with Crippen LogP contribution in [0.4, 0.5) is 11.4 Å². The third kappa shape index (κ3) is 7.28. The Morgan fingerprint density at radius 2 is 1.78 bits per heavy atom. The van der Waals surface area contributed by atoms with Crippen molar-refractivity contribution in [3.8, 4) is 0 Å². The van der Waals surface area contributed by atoms with Gasteiger partial charge in [0, 0.05) is 24.7 Å². The fourth-order valence-electron chi connectivity index (χ4n) is 4.64. The van der Waals surface area contributed by atoms with Crippen LogP contribution < -0.4 is 9.62 Å². The highest BCUT2D eigenvalue weighted by atomic mass is 32.2. The van der Waals surface area contributed by atoms with Gasteiger partial charge in [-0.15, -0.1) is 0 Å². The number of rotatable bonds is 11. The van der Waals surface area contributed by atoms with Crippen LogP contribution in [0.2, 0.25) is 0 Å². The Hall–Kier alpha value is -3.47. The van der Waals surface area contributed by atoms with Gasteiger partial charge in [-0.3, -0.25) is 24.0 Å². The molecule has 0 aromatic heterocycles. The molecular formula is C26H34N4O6S. The lowest BCUT2D eigenvalue weighted by Gasteiger charge is -2.33. The molecule has 200 valence electrons. The van der Waals surface area contributed by atoms with Crippen LogP contribution in [0.25, 0.3) is 0 Å². The summed E-state index contributed by atoms with van der Waals surface area (Å²) >= 11 is 0. The van der Waals surface area contributed by atoms with Crippen molar-refractivity contribution in [3.05, 3.63) is 69.8 Å². The van der Waals surface area contributed by atoms with Crippen LogP contribution in [-0.2, 0) is 26.2 Å². The van der Waals surface area contributed by atoms with Crippen molar-refractivity contribution in [2.75, 3.05) is 17.1 Å². The second-order valence-corrected chi connectivity index (χ2v) is 11.3. The summed E-state index contributed by atoms with van der Waals surface area (Å²) in [6, 6.07) is 12.3. The van der Waals surface area contributed by atoms with Crippen molar-refractivity contribution in [2.24, 2.45) is 0 Å². The minimum Gasteiger partial charge on any atom is -0.352 e. The summed E-state index contributed by atoms with van der Waals surface area (Å²) in [5.74, 6) is -0.843. The van der Waals surface area contributed by atoms with Gasteiger partial charge in [-0.2, -0.15) is 0 Å². The fourth-order valence-corrected chi connectivity index (χ4v) is 5.54. The summed E-state index contributed by atoms with van der Waals surface area (Å²) < 4.78 is 26.5. The van der Waals surface area contributed by atoms with Crippen LogP contribution in [-0.4, -0.2) is 54.9 Å². The van der Waals surface area contributed by atoms with Crippen LogP contribution in [0.1, 0.15) is 50.2 Å². The molecule has 0 radical (unpaired) electrons. The number of carbonyl (C=O) groups excluding carboxylic acids is 2. The van der Waals surface area contributed by atoms with Gasteiger partial charge in [-0.25, -0.2) is 8.42 Å². The van der Waals surface area contributed by atoms with Gasteiger partial charge >= 0.3 is 0 Å². The number of nitro groups is 1. The lowest BCUT2D eigenvalue weighted by Crippen LogP contribution is -2.53. The summed E-state index contributed by atoms with van der Waals surface area (Å²) in [7, 11) is -3.99. The highest BCUT2D eigenvalue weighted by molar-refractivity contribution is 7.92. The van der Waals surface area contributed by atoms with Crippen molar-refractivity contribution in [3.63, 3.8) is 0 Å². The maximum absolute atomic E-state index is 13.8. The molecule has 0 spiro atoms. The number of hydrogen-bond acceptors (Lipinski definition) is 6. The lowest BCUT2D eigenvalue weighted by atomic mass is 10.1. The number of hydrogen-bond donors (Lipinski definition) is 1. The fraction of sp³-hybridized carbons (Fsp3) is 0.462. The minimum atomic E-state index is -3.99. The Labute approximate surface area is 217 Å². The number of anilines is 1. The zero-order valence-corrected chi connectivity index (χ0v) is 22.2. The van der Waals surface area contributed by atoms with E-state index in [1.807, 2.05) is 37.3 Å². The predicted molar refractivity (Wildman–Crippen MR) is 141 cm³/mol. The van der Waals surface area contributed by atoms with E-state index >= 15 is 0 Å². The maximum atomic E-state index is 13.8. The molecule has 0 aliphatic heterocycles. The Kier molecular flexibility index (Phi) is 9.25. The zero-order chi connectivity index (χ0) is 27.2. The van der Waals surface area contributed by atoms with Gasteiger partial charge in [0.25, 0.3) is 5.69 Å². The Morgan fingerprint density at radius 1 is 1.14 bits per heavy atom. The average molecular weight is 531 g/mol. The number of benzene rings is 2. The van der Waals surface area contributed by atoms with E-state index in [1.165, 1.54) is 17.0 Å². The Morgan fingerprint density at radius 3 is 2.35 bits per heavy atom. The Balaban J connectivity index is 1.96. The second kappa shape index (κ2) is 12.2. The topological polar surface area (TPSA) is 130 Å². The molecule has 1 saturated carbocycles. The molecule has 2 aromatic rings. The Bertz CT molecular complexity index is 1230. The van der Waals surface area contributed by atoms with Crippen molar-refractivity contribution in [1.82, 2.24) is 10.2 Å². The molecule has 1 unspecified atom stereocenters. The summed E-state index contributed by atoms with van der Waals surface area (Å²) in [5.41, 5.74) is 1.02. The molecule has 10 nitrogen and oxygen atoms in total. The zero-order valence-electron chi connectivity index (χ0n) is 21.4. The summed E-state index contributed by atoms with van der Waals surface area (Å²) in [4.78, 5) is 39.2. The van der Waals surface area contributed by atoms with Crippen LogP contribution in [0.3, 0.4) is 0 Å². The van der Waals surface area contributed by atoms with E-state index in [0.29, 0.717) is 12.0 Å². The number of nitrogens with zero attached hydrogens (tertiary/aromatic N) is 3. The van der Waals surface area contributed by atoms with E-state index in [2.05, 4.69) is 5.32 Å². The second-order valence-electron chi connectivity index (χ2n) is 9.42. The number of nitrogens with one attached hydrogen (secondary N) is 1. The number of aryl methyl sites for hydroxylation is 1. The monoisotopic (exact) mass is 530 g/mol. The van der Waals surface area contributed by atoms with E-state index in [4.69, 9.17) is 0 Å². The van der Waals surface area contributed by atoms with Gasteiger partial charge in [-0.1, -0.05) is 56.2 Å². The van der Waals surface area contributed by atoms with Gasteiger partial charge in [-0.05, 0) is 37.3 Å². The van der Waals surface area contributed by atoms with Crippen molar-refractivity contribution >= 4 is 33.2 Å². The van der Waals surface area contributed by atoms with E-state index < -0.39 is 33.4 Å². The molecule has 0 heterocycles. The molecule has 3 rings (SSSR count). The van der Waals surface area contributed by atoms with Gasteiger partial charge in [0.2, 0.25) is 21.8 Å². The van der Waals surface area contributed by atoms with E-state index in [0.717, 1.165) is 47.9 Å². The normalized spacial score (nSPS) is 14.7. The SMILES string of the molecule is CCC(C(=O)NC1CCCC1)N(Cc1ccccc1)C(=O)CN(c1cc([N+](=O)[O-])ccc1C)S(C)(=O)=O. The highest BCUT2D eigenvalue weighted by Gasteiger charge is 2.33. The van der Waals surface area contributed by atoms with E-state index in [1.54, 1.807) is 6.92 Å². The molecule has 2 aromatic carbocycles. The summed E-state index contributed by atoms with van der Waals surface area (Å²) in [6.07, 6.45) is 5.15. The van der Waals surface area contributed by atoms with Gasteiger partial charge < -0.3 is 10.2 Å². The van der Waals surface area contributed by atoms with Crippen LogP contribution in [0, 0.1) is 17.0 Å². The largest absolute Gasteiger partial charge is 0.352 e. The standard InChI is InChI=1S/C26H34N4O6S/c1-4-23(26(32)27-21-12-8-9-13-21)28(17-20-10-6-5-7-11-20)25(31)18-29(37(3,35)36)24-16-22(30(33)34)15-14-19(24)2/h5-7,10-11,14-16,21,23H,4,8-9,12-13,17-18H2,1-3H3,(H,27,32). The van der Waals surface area contributed by atoms with Crippen molar-refractivity contribution in [2.45, 2.75) is 64.6 Å². The number of carbonyl (C=O) groups is 2. The molecule has 37 heavy (non-hydrogen) atoms. The number of sulfonamides is 1. The molecule has 1 fully saturated rings. The third-order valence-corrected chi connectivity index (χ3v) is 7.76. The van der Waals surface area contributed by atoms with Gasteiger partial charge in [0.15, 0.2) is 0 Å². The average Bonchev–Trinajstić information content (AvgIpc) is 3.35. The van der Waals surface area contributed by atoms with Crippen LogP contribution >= 0.6 is 0 Å². The van der Waals surface area contributed by atoms with Gasteiger partial charge in [0.05, 0.1) is 16.9 Å². The number of nitro benzene ring substituents is 1. The lowest BCUT2D eigenvalue weighted by molar-refractivity contribution is -0.384. The molecular weight excluding hydrogens is 496 g/mol. The molecule has 0 saturated heterocycles. The number of amides is 2.